The first-order valence-corrected chi connectivity index (χ1v) is 7.39. The monoisotopic (exact) mass is 291 g/mol. The summed E-state index contributed by atoms with van der Waals surface area (Å²) >= 11 is 1.41. The minimum absolute atomic E-state index is 0.118. The van der Waals surface area contributed by atoms with Crippen LogP contribution in [0.2, 0.25) is 0 Å². The number of nitrogens with zero attached hydrogens (tertiary/aromatic N) is 2. The number of nitrogens with one attached hydrogen (secondary N) is 1. The van der Waals surface area contributed by atoms with Crippen molar-refractivity contribution in [2.24, 2.45) is 0 Å². The predicted molar refractivity (Wildman–Crippen MR) is 79.0 cm³/mol. The van der Waals surface area contributed by atoms with E-state index in [0.717, 1.165) is 23.4 Å². The molecule has 20 heavy (non-hydrogen) atoms. The summed E-state index contributed by atoms with van der Waals surface area (Å²) in [7, 11) is 0. The number of benzene rings is 1. The lowest BCUT2D eigenvalue weighted by Gasteiger charge is -2.03. The van der Waals surface area contributed by atoms with Crippen molar-refractivity contribution >= 4 is 22.4 Å². The molecule has 0 spiro atoms. The van der Waals surface area contributed by atoms with E-state index in [9.17, 15) is 9.90 Å². The fourth-order valence-corrected chi connectivity index (χ4v) is 2.63. The number of phenols is 1. The third-order valence-electron chi connectivity index (χ3n) is 2.79. The second kappa shape index (κ2) is 7.00. The lowest BCUT2D eigenvalue weighted by atomic mass is 10.1. The van der Waals surface area contributed by atoms with E-state index in [-0.39, 0.29) is 11.7 Å². The quantitative estimate of drug-likeness (QED) is 0.858. The predicted octanol–water partition coefficient (Wildman–Crippen LogP) is 2.77. The lowest BCUT2D eigenvalue weighted by Crippen LogP contribution is -2.12. The summed E-state index contributed by atoms with van der Waals surface area (Å²) in [5.74, 6) is 0.105. The van der Waals surface area contributed by atoms with Gasteiger partial charge in [0.25, 0.3) is 0 Å². The second-order valence-corrected chi connectivity index (χ2v) is 5.49. The molecular weight excluding hydrogens is 274 g/mol. The molecule has 0 saturated heterocycles. The molecule has 0 saturated carbocycles. The molecule has 6 heteroatoms. The number of hydrogen-bond acceptors (Lipinski definition) is 5. The maximum atomic E-state index is 11.8. The fraction of sp³-hybridized carbons (Fsp3) is 0.357. The maximum Gasteiger partial charge on any atom is 0.226 e. The Kier molecular flexibility index (Phi) is 5.06. The van der Waals surface area contributed by atoms with E-state index in [4.69, 9.17) is 0 Å². The van der Waals surface area contributed by atoms with Crippen LogP contribution in [0.3, 0.4) is 0 Å². The molecule has 5 nitrogen and oxygen atoms in total. The van der Waals surface area contributed by atoms with Crippen molar-refractivity contribution < 1.29 is 9.90 Å². The van der Waals surface area contributed by atoms with Gasteiger partial charge < -0.3 is 10.4 Å². The molecule has 1 heterocycles. The Morgan fingerprint density at radius 1 is 1.30 bits per heavy atom. The zero-order chi connectivity index (χ0) is 14.4. The molecule has 2 N–H and O–H groups in total. The molecular formula is C14H17N3O2S. The molecule has 106 valence electrons. The maximum absolute atomic E-state index is 11.8. The molecule has 0 aliphatic rings. The van der Waals surface area contributed by atoms with E-state index >= 15 is 0 Å². The summed E-state index contributed by atoms with van der Waals surface area (Å²) < 4.78 is 0. The van der Waals surface area contributed by atoms with Crippen molar-refractivity contribution in [3.8, 4) is 5.75 Å². The molecule has 0 radical (unpaired) electrons. The van der Waals surface area contributed by atoms with Gasteiger partial charge in [0.1, 0.15) is 10.8 Å². The highest BCUT2D eigenvalue weighted by molar-refractivity contribution is 7.15. The molecule has 0 fully saturated rings. The highest BCUT2D eigenvalue weighted by Crippen LogP contribution is 2.19. The van der Waals surface area contributed by atoms with E-state index in [2.05, 4.69) is 22.4 Å². The largest absolute Gasteiger partial charge is 0.508 e. The zero-order valence-electron chi connectivity index (χ0n) is 11.3. The first kappa shape index (κ1) is 14.5. The Labute approximate surface area is 121 Å². The summed E-state index contributed by atoms with van der Waals surface area (Å²) in [5.41, 5.74) is 0.770. The Bertz CT molecular complexity index is 583. The van der Waals surface area contributed by atoms with Crippen LogP contribution in [0.25, 0.3) is 0 Å². The molecule has 0 unspecified atom stereocenters. The molecule has 0 bridgehead atoms. The number of phenolic OH excluding ortho intramolecular Hbond substituents is 1. The van der Waals surface area contributed by atoms with Gasteiger partial charge in [0.15, 0.2) is 0 Å². The van der Waals surface area contributed by atoms with Crippen molar-refractivity contribution in [3.05, 3.63) is 34.8 Å². The number of carbonyl (C=O) groups is 1. The van der Waals surface area contributed by atoms with Crippen molar-refractivity contribution in [1.82, 2.24) is 10.2 Å². The number of aromatic hydroxyl groups is 1. The molecule has 0 atom stereocenters. The van der Waals surface area contributed by atoms with Crippen molar-refractivity contribution in [1.29, 1.82) is 0 Å². The fourth-order valence-electron chi connectivity index (χ4n) is 1.77. The molecule has 2 aromatic rings. The SMILES string of the molecule is CCCc1nnc(NC(=O)CCc2ccccc2O)s1. The Morgan fingerprint density at radius 2 is 2.10 bits per heavy atom. The first-order chi connectivity index (χ1) is 9.69. The third-order valence-corrected chi connectivity index (χ3v) is 3.69. The summed E-state index contributed by atoms with van der Waals surface area (Å²) in [4.78, 5) is 11.8. The van der Waals surface area contributed by atoms with E-state index in [0.29, 0.717) is 18.0 Å². The van der Waals surface area contributed by atoms with E-state index < -0.39 is 0 Å². The van der Waals surface area contributed by atoms with E-state index in [1.807, 2.05) is 12.1 Å². The lowest BCUT2D eigenvalue weighted by molar-refractivity contribution is -0.116. The number of aromatic nitrogens is 2. The molecule has 2 rings (SSSR count). The van der Waals surface area contributed by atoms with Crippen LogP contribution in [0.15, 0.2) is 24.3 Å². The average molecular weight is 291 g/mol. The highest BCUT2D eigenvalue weighted by atomic mass is 32.1. The number of para-hydroxylation sites is 1. The summed E-state index contributed by atoms with van der Waals surface area (Å²) in [5, 5.41) is 21.8. The molecule has 1 aromatic carbocycles. The summed E-state index contributed by atoms with van der Waals surface area (Å²) in [6.45, 7) is 2.08. The van der Waals surface area contributed by atoms with Gasteiger partial charge in [-0.15, -0.1) is 10.2 Å². The van der Waals surface area contributed by atoms with Gasteiger partial charge in [-0.2, -0.15) is 0 Å². The third kappa shape index (κ3) is 4.03. The van der Waals surface area contributed by atoms with Crippen molar-refractivity contribution in [3.63, 3.8) is 0 Å². The summed E-state index contributed by atoms with van der Waals surface area (Å²) in [6.07, 6.45) is 2.70. The first-order valence-electron chi connectivity index (χ1n) is 6.58. The molecule has 0 aliphatic heterocycles. The van der Waals surface area contributed by atoms with Crippen LogP contribution >= 0.6 is 11.3 Å². The minimum Gasteiger partial charge on any atom is -0.508 e. The number of rotatable bonds is 6. The van der Waals surface area contributed by atoms with Crippen LogP contribution in [0.1, 0.15) is 30.3 Å². The van der Waals surface area contributed by atoms with Crippen LogP contribution in [-0.4, -0.2) is 21.2 Å². The van der Waals surface area contributed by atoms with E-state index in [1.165, 1.54) is 11.3 Å². The molecule has 1 aromatic heterocycles. The van der Waals surface area contributed by atoms with Crippen LogP contribution in [0.5, 0.6) is 5.75 Å². The standard InChI is InChI=1S/C14H17N3O2S/c1-2-5-13-16-17-14(20-13)15-12(19)9-8-10-6-3-4-7-11(10)18/h3-4,6-7,18H,2,5,8-9H2,1H3,(H,15,17,19). The van der Waals surface area contributed by atoms with Gasteiger partial charge in [-0.25, -0.2) is 0 Å². The van der Waals surface area contributed by atoms with Crippen LogP contribution in [0.4, 0.5) is 5.13 Å². The van der Waals surface area contributed by atoms with Crippen LogP contribution in [0, 0.1) is 0 Å². The Balaban J connectivity index is 1.84. The van der Waals surface area contributed by atoms with Gasteiger partial charge in [-0.05, 0) is 24.5 Å². The number of amides is 1. The second-order valence-electron chi connectivity index (χ2n) is 4.43. The molecule has 1 amide bonds. The molecule has 0 aliphatic carbocycles. The van der Waals surface area contributed by atoms with Crippen LogP contribution < -0.4 is 5.32 Å². The van der Waals surface area contributed by atoms with Gasteiger partial charge in [-0.3, -0.25) is 4.79 Å². The number of aryl methyl sites for hydroxylation is 2. The Morgan fingerprint density at radius 3 is 2.85 bits per heavy atom. The zero-order valence-corrected chi connectivity index (χ0v) is 12.1. The number of carbonyl (C=O) groups excluding carboxylic acids is 1. The average Bonchev–Trinajstić information content (AvgIpc) is 2.85. The van der Waals surface area contributed by atoms with Crippen molar-refractivity contribution in [2.45, 2.75) is 32.6 Å². The minimum atomic E-state index is -0.118. The topological polar surface area (TPSA) is 75.1 Å². The van der Waals surface area contributed by atoms with Gasteiger partial charge in [-0.1, -0.05) is 36.5 Å². The van der Waals surface area contributed by atoms with Gasteiger partial charge >= 0.3 is 0 Å². The Hall–Kier alpha value is -1.95. The number of hydrogen-bond donors (Lipinski definition) is 2. The highest BCUT2D eigenvalue weighted by Gasteiger charge is 2.09. The summed E-state index contributed by atoms with van der Waals surface area (Å²) in [6, 6.07) is 7.03. The normalized spacial score (nSPS) is 10.4. The smallest absolute Gasteiger partial charge is 0.226 e. The van der Waals surface area contributed by atoms with Gasteiger partial charge in [0, 0.05) is 12.8 Å². The van der Waals surface area contributed by atoms with Crippen molar-refractivity contribution in [2.75, 3.05) is 5.32 Å². The van der Waals surface area contributed by atoms with Crippen LogP contribution in [-0.2, 0) is 17.6 Å². The van der Waals surface area contributed by atoms with Gasteiger partial charge in [0.05, 0.1) is 0 Å². The number of anilines is 1. The van der Waals surface area contributed by atoms with E-state index in [1.54, 1.807) is 12.1 Å². The van der Waals surface area contributed by atoms with Gasteiger partial charge in [0.2, 0.25) is 11.0 Å².